The number of hydrogen-bond donors (Lipinski definition) is 2. The van der Waals surface area contributed by atoms with Crippen LogP contribution < -0.4 is 10.6 Å². The monoisotopic (exact) mass is 419 g/mol. The van der Waals surface area contributed by atoms with Gasteiger partial charge in [-0.25, -0.2) is 4.39 Å². The van der Waals surface area contributed by atoms with E-state index < -0.39 is 0 Å². The molecular weight excluding hydrogens is 409 g/mol. The molecule has 136 valence electrons. The van der Waals surface area contributed by atoms with Gasteiger partial charge in [-0.1, -0.05) is 40.8 Å². The van der Waals surface area contributed by atoms with Crippen LogP contribution in [0.3, 0.4) is 0 Å². The Kier molecular flexibility index (Phi) is 6.24. The maximum absolute atomic E-state index is 13.2. The topological polar surface area (TPSA) is 90.7 Å². The molecule has 0 saturated heterocycles. The lowest BCUT2D eigenvalue weighted by molar-refractivity contribution is -0.113. The van der Waals surface area contributed by atoms with Gasteiger partial charge in [0.1, 0.15) is 11.9 Å². The molecule has 2 N–H and O–H groups in total. The highest BCUT2D eigenvalue weighted by molar-refractivity contribution is 8.01. The minimum Gasteiger partial charge on any atom is -0.330 e. The van der Waals surface area contributed by atoms with Crippen molar-refractivity contribution in [3.05, 3.63) is 58.9 Å². The Labute approximate surface area is 167 Å². The number of carbonyl (C=O) groups is 1. The van der Waals surface area contributed by atoms with E-state index in [1.165, 1.54) is 41.3 Å². The summed E-state index contributed by atoms with van der Waals surface area (Å²) in [6.07, 6.45) is 0. The Morgan fingerprint density at radius 2 is 2.15 bits per heavy atom. The van der Waals surface area contributed by atoms with E-state index in [0.717, 1.165) is 0 Å². The molecule has 0 fully saturated rings. The second-order valence-electron chi connectivity index (χ2n) is 5.15. The molecule has 0 aliphatic rings. The van der Waals surface area contributed by atoms with Crippen LogP contribution in [0.1, 0.15) is 5.56 Å². The number of nitrogens with zero attached hydrogens (tertiary/aromatic N) is 3. The van der Waals surface area contributed by atoms with E-state index in [2.05, 4.69) is 20.8 Å². The minimum absolute atomic E-state index is 0.0893. The number of aromatic nitrogens is 2. The molecule has 3 rings (SSSR count). The molecule has 0 aliphatic heterocycles. The second kappa shape index (κ2) is 8.81. The van der Waals surface area contributed by atoms with Gasteiger partial charge in [-0.3, -0.25) is 4.79 Å². The first-order valence-corrected chi connectivity index (χ1v) is 9.70. The van der Waals surface area contributed by atoms with Crippen LogP contribution in [0.4, 0.5) is 20.9 Å². The third-order valence-electron chi connectivity index (χ3n) is 3.19. The number of carbonyl (C=O) groups excluding carboxylic acids is 1. The van der Waals surface area contributed by atoms with Crippen LogP contribution in [0.2, 0.25) is 5.02 Å². The first-order valence-electron chi connectivity index (χ1n) is 7.52. The maximum atomic E-state index is 13.2. The summed E-state index contributed by atoms with van der Waals surface area (Å²) in [7, 11) is 0. The highest BCUT2D eigenvalue weighted by Gasteiger charge is 2.11. The van der Waals surface area contributed by atoms with Gasteiger partial charge in [0.2, 0.25) is 11.0 Å². The standard InChI is InChI=1S/C17H11ClFN5OS2/c18-11-5-4-10(8-20)14(6-11)22-15(25)9-26-17-24-23-16(27-17)21-13-3-1-2-12(19)7-13/h1-7H,9H2,(H,21,23)(H,22,25). The summed E-state index contributed by atoms with van der Waals surface area (Å²) in [6.45, 7) is 0. The zero-order valence-corrected chi connectivity index (χ0v) is 16.0. The average Bonchev–Trinajstić information content (AvgIpc) is 3.08. The molecule has 10 heteroatoms. The zero-order chi connectivity index (χ0) is 19.2. The van der Waals surface area contributed by atoms with Gasteiger partial charge in [-0.2, -0.15) is 5.26 Å². The Balaban J connectivity index is 1.56. The zero-order valence-electron chi connectivity index (χ0n) is 13.6. The molecule has 0 saturated carbocycles. The van der Waals surface area contributed by atoms with Crippen LogP contribution in [-0.2, 0) is 4.79 Å². The van der Waals surface area contributed by atoms with Crippen LogP contribution >= 0.6 is 34.7 Å². The summed E-state index contributed by atoms with van der Waals surface area (Å²) in [5.74, 6) is -0.562. The molecule has 0 atom stereocenters. The first kappa shape index (κ1) is 19.1. The van der Waals surface area contributed by atoms with Crippen molar-refractivity contribution >= 4 is 57.1 Å². The highest BCUT2D eigenvalue weighted by atomic mass is 35.5. The number of benzene rings is 2. The molecule has 1 heterocycles. The average molecular weight is 420 g/mol. The van der Waals surface area contributed by atoms with Crippen LogP contribution in [-0.4, -0.2) is 21.9 Å². The van der Waals surface area contributed by atoms with Gasteiger partial charge < -0.3 is 10.6 Å². The Bertz CT molecular complexity index is 1020. The highest BCUT2D eigenvalue weighted by Crippen LogP contribution is 2.28. The molecule has 1 aromatic heterocycles. The molecule has 2 aromatic carbocycles. The van der Waals surface area contributed by atoms with Gasteiger partial charge in [0, 0.05) is 10.7 Å². The molecule has 27 heavy (non-hydrogen) atoms. The quantitative estimate of drug-likeness (QED) is 0.564. The first-order chi connectivity index (χ1) is 13.0. The van der Waals surface area contributed by atoms with Crippen LogP contribution in [0.5, 0.6) is 0 Å². The maximum Gasteiger partial charge on any atom is 0.234 e. The minimum atomic E-state index is -0.353. The van der Waals surface area contributed by atoms with E-state index in [1.807, 2.05) is 6.07 Å². The molecule has 1 amide bonds. The van der Waals surface area contributed by atoms with Crippen LogP contribution in [0.15, 0.2) is 46.8 Å². The van der Waals surface area contributed by atoms with Crippen molar-refractivity contribution in [2.45, 2.75) is 4.34 Å². The third-order valence-corrected chi connectivity index (χ3v) is 5.39. The summed E-state index contributed by atoms with van der Waals surface area (Å²) >= 11 is 8.34. The van der Waals surface area contributed by atoms with Gasteiger partial charge in [-0.15, -0.1) is 10.2 Å². The van der Waals surface area contributed by atoms with Gasteiger partial charge >= 0.3 is 0 Å². The summed E-state index contributed by atoms with van der Waals surface area (Å²) < 4.78 is 13.8. The third kappa shape index (κ3) is 5.40. The Morgan fingerprint density at radius 1 is 1.30 bits per heavy atom. The number of hydrogen-bond acceptors (Lipinski definition) is 7. The van der Waals surface area contributed by atoms with Gasteiger partial charge in [-0.05, 0) is 36.4 Å². The number of halogens is 2. The van der Waals surface area contributed by atoms with Crippen molar-refractivity contribution in [2.75, 3.05) is 16.4 Å². The molecule has 0 unspecified atom stereocenters. The van der Waals surface area contributed by atoms with Crippen molar-refractivity contribution in [2.24, 2.45) is 0 Å². The predicted octanol–water partition coefficient (Wildman–Crippen LogP) is 4.68. The van der Waals surface area contributed by atoms with E-state index in [9.17, 15) is 9.18 Å². The van der Waals surface area contributed by atoms with Crippen molar-refractivity contribution in [3.63, 3.8) is 0 Å². The van der Waals surface area contributed by atoms with Crippen molar-refractivity contribution in [1.29, 1.82) is 5.26 Å². The Hall–Kier alpha value is -2.67. The molecule has 0 aliphatic carbocycles. The number of anilines is 3. The second-order valence-corrected chi connectivity index (χ2v) is 7.78. The fraction of sp³-hybridized carbons (Fsp3) is 0.0588. The smallest absolute Gasteiger partial charge is 0.234 e. The van der Waals surface area contributed by atoms with E-state index in [-0.39, 0.29) is 17.5 Å². The number of nitrogens with one attached hydrogen (secondary N) is 2. The summed E-state index contributed by atoms with van der Waals surface area (Å²) in [4.78, 5) is 12.1. The number of rotatable bonds is 6. The van der Waals surface area contributed by atoms with Gasteiger partial charge in [0.25, 0.3) is 0 Å². The normalized spacial score (nSPS) is 10.3. The van der Waals surface area contributed by atoms with Gasteiger partial charge in [0.05, 0.1) is 17.0 Å². The number of nitriles is 1. The van der Waals surface area contributed by atoms with Crippen molar-refractivity contribution in [3.8, 4) is 6.07 Å². The molecule has 0 bridgehead atoms. The fourth-order valence-corrected chi connectivity index (χ4v) is 3.78. The molecular formula is C17H11ClFN5OS2. The molecule has 6 nitrogen and oxygen atoms in total. The lowest BCUT2D eigenvalue weighted by atomic mass is 10.2. The van der Waals surface area contributed by atoms with Crippen LogP contribution in [0.25, 0.3) is 0 Å². The van der Waals surface area contributed by atoms with E-state index in [0.29, 0.717) is 31.4 Å². The van der Waals surface area contributed by atoms with Crippen LogP contribution in [0, 0.1) is 17.1 Å². The van der Waals surface area contributed by atoms with E-state index >= 15 is 0 Å². The lowest BCUT2D eigenvalue weighted by Crippen LogP contribution is -2.14. The van der Waals surface area contributed by atoms with Crippen molar-refractivity contribution < 1.29 is 9.18 Å². The largest absolute Gasteiger partial charge is 0.330 e. The number of amides is 1. The predicted molar refractivity (Wildman–Crippen MR) is 105 cm³/mol. The molecule has 0 spiro atoms. The van der Waals surface area contributed by atoms with E-state index in [4.69, 9.17) is 16.9 Å². The molecule has 0 radical (unpaired) electrons. The lowest BCUT2D eigenvalue weighted by Gasteiger charge is -2.06. The summed E-state index contributed by atoms with van der Waals surface area (Å²) in [5.41, 5.74) is 1.25. The fourth-order valence-electron chi connectivity index (χ4n) is 2.04. The summed E-state index contributed by atoms with van der Waals surface area (Å²) in [5, 5.41) is 23.5. The molecule has 3 aromatic rings. The Morgan fingerprint density at radius 3 is 2.93 bits per heavy atom. The number of thioether (sulfide) groups is 1. The van der Waals surface area contributed by atoms with E-state index in [1.54, 1.807) is 24.3 Å². The van der Waals surface area contributed by atoms with Gasteiger partial charge in [0.15, 0.2) is 4.34 Å². The summed E-state index contributed by atoms with van der Waals surface area (Å²) in [6, 6.07) is 12.6. The van der Waals surface area contributed by atoms with Crippen molar-refractivity contribution in [1.82, 2.24) is 10.2 Å². The SMILES string of the molecule is N#Cc1ccc(Cl)cc1NC(=O)CSc1nnc(Nc2cccc(F)c2)s1.